The molecule has 1 aromatic heterocycles. The summed E-state index contributed by atoms with van der Waals surface area (Å²) in [4.78, 5) is 19.8. The van der Waals surface area contributed by atoms with Crippen LogP contribution in [-0.2, 0) is 4.79 Å². The van der Waals surface area contributed by atoms with Crippen LogP contribution >= 0.6 is 11.8 Å². The molecule has 0 spiro atoms. The number of rotatable bonds is 5. The van der Waals surface area contributed by atoms with E-state index in [-0.39, 0.29) is 29.2 Å². The fraction of sp³-hybridized carbons (Fsp3) is 0.500. The van der Waals surface area contributed by atoms with Crippen LogP contribution in [0.5, 0.6) is 0 Å². The van der Waals surface area contributed by atoms with E-state index in [1.165, 1.54) is 6.07 Å². The average Bonchev–Trinajstić information content (AvgIpc) is 2.35. The minimum Gasteiger partial charge on any atom is -0.383 e. The Labute approximate surface area is 122 Å². The minimum absolute atomic E-state index is 0.000661. The third kappa shape index (κ3) is 4.28. The molecule has 20 heavy (non-hydrogen) atoms. The molecule has 1 aromatic rings. The second-order valence-corrected chi connectivity index (χ2v) is 5.75. The van der Waals surface area contributed by atoms with Crippen LogP contribution in [0.4, 0.5) is 11.6 Å². The smallest absolute Gasteiger partial charge is 0.231 e. The van der Waals surface area contributed by atoms with Gasteiger partial charge in [0.1, 0.15) is 17.2 Å². The predicted octanol–water partition coefficient (Wildman–Crippen LogP) is 0.788. The Hall–Kier alpha value is -2.01. The van der Waals surface area contributed by atoms with Gasteiger partial charge in [0.2, 0.25) is 5.91 Å². The fourth-order valence-corrected chi connectivity index (χ4v) is 1.96. The number of carbonyl (C=O) groups excluding carboxylic acids is 1. The first kappa shape index (κ1) is 16.0. The van der Waals surface area contributed by atoms with Gasteiger partial charge in [-0.15, -0.1) is 0 Å². The monoisotopic (exact) mass is 294 g/mol. The van der Waals surface area contributed by atoms with Gasteiger partial charge in [0.15, 0.2) is 5.16 Å². The summed E-state index contributed by atoms with van der Waals surface area (Å²) in [5.41, 5.74) is 10.2. The summed E-state index contributed by atoms with van der Waals surface area (Å²) in [6, 6.07) is 3.55. The van der Waals surface area contributed by atoms with Crippen molar-refractivity contribution in [2.75, 3.05) is 17.2 Å². The lowest BCUT2D eigenvalue weighted by Gasteiger charge is -2.27. The molecule has 108 valence electrons. The van der Waals surface area contributed by atoms with Crippen LogP contribution < -0.4 is 16.8 Å². The molecule has 7 nitrogen and oxygen atoms in total. The normalized spacial score (nSPS) is 13.6. The maximum absolute atomic E-state index is 11.9. The standard InChI is InChI=1S/C12H18N6OS/c1-7(2)12(3,6-13)18-10(19)5-20-11-16-8(14)4-9(15)17-11/h4,7H,5H2,1-3H3,(H,18,19)(H4,14,15,16,17)/t12-/m0/s1. The van der Waals surface area contributed by atoms with Gasteiger partial charge in [-0.05, 0) is 12.8 Å². The van der Waals surface area contributed by atoms with E-state index in [0.29, 0.717) is 5.16 Å². The molecule has 0 unspecified atom stereocenters. The molecule has 8 heteroatoms. The number of thioether (sulfide) groups is 1. The first-order chi connectivity index (χ1) is 9.26. The van der Waals surface area contributed by atoms with E-state index in [4.69, 9.17) is 16.7 Å². The highest BCUT2D eigenvalue weighted by atomic mass is 32.2. The summed E-state index contributed by atoms with van der Waals surface area (Å²) < 4.78 is 0. The van der Waals surface area contributed by atoms with Crippen molar-refractivity contribution in [1.82, 2.24) is 15.3 Å². The first-order valence-electron chi connectivity index (χ1n) is 6.02. The lowest BCUT2D eigenvalue weighted by atomic mass is 9.90. The Bertz CT molecular complexity index is 521. The van der Waals surface area contributed by atoms with E-state index in [1.54, 1.807) is 6.92 Å². The van der Waals surface area contributed by atoms with Crippen LogP contribution in [0.1, 0.15) is 20.8 Å². The number of nitrogens with two attached hydrogens (primary N) is 2. The van der Waals surface area contributed by atoms with Crippen molar-refractivity contribution in [2.45, 2.75) is 31.5 Å². The van der Waals surface area contributed by atoms with Crippen molar-refractivity contribution in [3.8, 4) is 6.07 Å². The van der Waals surface area contributed by atoms with Crippen LogP contribution in [0.25, 0.3) is 0 Å². The van der Waals surface area contributed by atoms with Crippen LogP contribution in [0.3, 0.4) is 0 Å². The average molecular weight is 294 g/mol. The molecule has 1 rings (SSSR count). The molecular formula is C12H18N6OS. The molecule has 0 saturated heterocycles. The van der Waals surface area contributed by atoms with Crippen molar-refractivity contribution < 1.29 is 4.79 Å². The summed E-state index contributed by atoms with van der Waals surface area (Å²) in [6.07, 6.45) is 0. The zero-order valence-electron chi connectivity index (χ0n) is 11.7. The molecule has 1 heterocycles. The van der Waals surface area contributed by atoms with Gasteiger partial charge in [0.25, 0.3) is 0 Å². The Morgan fingerprint density at radius 1 is 1.50 bits per heavy atom. The molecule has 0 fully saturated rings. The molecule has 0 saturated carbocycles. The Morgan fingerprint density at radius 2 is 2.05 bits per heavy atom. The van der Waals surface area contributed by atoms with Crippen LogP contribution in [0.2, 0.25) is 0 Å². The number of anilines is 2. The fourth-order valence-electron chi connectivity index (χ4n) is 1.28. The largest absolute Gasteiger partial charge is 0.383 e. The third-order valence-electron chi connectivity index (χ3n) is 2.86. The molecule has 0 aliphatic carbocycles. The van der Waals surface area contributed by atoms with Crippen molar-refractivity contribution in [2.24, 2.45) is 5.92 Å². The minimum atomic E-state index is -0.896. The van der Waals surface area contributed by atoms with E-state index in [9.17, 15) is 4.79 Å². The highest BCUT2D eigenvalue weighted by molar-refractivity contribution is 7.99. The summed E-state index contributed by atoms with van der Waals surface area (Å²) >= 11 is 1.12. The zero-order chi connectivity index (χ0) is 15.3. The number of carbonyl (C=O) groups is 1. The lowest BCUT2D eigenvalue weighted by molar-refractivity contribution is -0.120. The maximum atomic E-state index is 11.9. The molecule has 1 atom stereocenters. The number of hydrogen-bond donors (Lipinski definition) is 3. The Balaban J connectivity index is 2.62. The lowest BCUT2D eigenvalue weighted by Crippen LogP contribution is -2.49. The molecule has 0 bridgehead atoms. The van der Waals surface area contributed by atoms with Gasteiger partial charge < -0.3 is 16.8 Å². The van der Waals surface area contributed by atoms with E-state index in [0.717, 1.165) is 11.8 Å². The predicted molar refractivity (Wildman–Crippen MR) is 78.6 cm³/mol. The molecule has 0 aromatic carbocycles. The molecule has 0 aliphatic rings. The van der Waals surface area contributed by atoms with Crippen LogP contribution in [0.15, 0.2) is 11.2 Å². The Morgan fingerprint density at radius 3 is 2.50 bits per heavy atom. The summed E-state index contributed by atoms with van der Waals surface area (Å²) in [5.74, 6) is 0.333. The zero-order valence-corrected chi connectivity index (χ0v) is 12.5. The Kier molecular flexibility index (Phi) is 5.16. The number of hydrogen-bond acceptors (Lipinski definition) is 7. The SMILES string of the molecule is CC(C)[C@](C)(C#N)NC(=O)CSc1nc(N)cc(N)n1. The van der Waals surface area contributed by atoms with Gasteiger partial charge in [0, 0.05) is 6.07 Å². The molecule has 0 radical (unpaired) electrons. The van der Waals surface area contributed by atoms with Gasteiger partial charge in [0.05, 0.1) is 11.8 Å². The van der Waals surface area contributed by atoms with Crippen molar-refractivity contribution in [1.29, 1.82) is 5.26 Å². The van der Waals surface area contributed by atoms with Gasteiger partial charge in [-0.25, -0.2) is 9.97 Å². The number of nitriles is 1. The number of aromatic nitrogens is 2. The van der Waals surface area contributed by atoms with Gasteiger partial charge >= 0.3 is 0 Å². The summed E-state index contributed by atoms with van der Waals surface area (Å²) in [5, 5.41) is 12.2. The van der Waals surface area contributed by atoms with E-state index >= 15 is 0 Å². The van der Waals surface area contributed by atoms with Crippen molar-refractivity contribution >= 4 is 29.3 Å². The molecule has 5 N–H and O–H groups in total. The van der Waals surface area contributed by atoms with Gasteiger partial charge in [-0.3, -0.25) is 4.79 Å². The number of nitrogens with zero attached hydrogens (tertiary/aromatic N) is 3. The number of nitrogens with one attached hydrogen (secondary N) is 1. The second-order valence-electron chi connectivity index (χ2n) is 4.81. The third-order valence-corrected chi connectivity index (χ3v) is 3.71. The van der Waals surface area contributed by atoms with Crippen molar-refractivity contribution in [3.05, 3.63) is 6.07 Å². The topological polar surface area (TPSA) is 131 Å². The van der Waals surface area contributed by atoms with E-state index in [2.05, 4.69) is 21.4 Å². The first-order valence-corrected chi connectivity index (χ1v) is 7.00. The molecule has 0 aliphatic heterocycles. The van der Waals surface area contributed by atoms with Crippen molar-refractivity contribution in [3.63, 3.8) is 0 Å². The maximum Gasteiger partial charge on any atom is 0.231 e. The highest BCUT2D eigenvalue weighted by Crippen LogP contribution is 2.18. The van der Waals surface area contributed by atoms with E-state index < -0.39 is 5.54 Å². The van der Waals surface area contributed by atoms with Gasteiger partial charge in [-0.1, -0.05) is 25.6 Å². The number of nitrogen functional groups attached to an aromatic ring is 2. The van der Waals surface area contributed by atoms with Crippen LogP contribution in [-0.4, -0.2) is 27.2 Å². The number of amides is 1. The van der Waals surface area contributed by atoms with Crippen LogP contribution in [0, 0.1) is 17.2 Å². The van der Waals surface area contributed by atoms with Gasteiger partial charge in [-0.2, -0.15) is 5.26 Å². The summed E-state index contributed by atoms with van der Waals surface area (Å²) in [7, 11) is 0. The van der Waals surface area contributed by atoms with E-state index in [1.807, 2.05) is 13.8 Å². The quantitative estimate of drug-likeness (QED) is 0.540. The summed E-state index contributed by atoms with van der Waals surface area (Å²) in [6.45, 7) is 5.44. The molecular weight excluding hydrogens is 276 g/mol. The molecule has 1 amide bonds. The second kappa shape index (κ2) is 6.43. The highest BCUT2D eigenvalue weighted by Gasteiger charge is 2.29.